The van der Waals surface area contributed by atoms with Gasteiger partial charge in [0.25, 0.3) is 0 Å². The predicted molar refractivity (Wildman–Crippen MR) is 86.4 cm³/mol. The fourth-order valence-corrected chi connectivity index (χ4v) is 2.92. The number of ether oxygens (including phenoxy) is 1. The Balaban J connectivity index is 2.69. The maximum absolute atomic E-state index is 11.4. The lowest BCUT2D eigenvalue weighted by atomic mass is 10.2. The van der Waals surface area contributed by atoms with E-state index in [2.05, 4.69) is 32.6 Å². The predicted octanol–water partition coefficient (Wildman–Crippen LogP) is 2.17. The van der Waals surface area contributed by atoms with E-state index in [-0.39, 0.29) is 4.90 Å². The van der Waals surface area contributed by atoms with Crippen LogP contribution in [0.3, 0.4) is 0 Å². The van der Waals surface area contributed by atoms with E-state index in [0.29, 0.717) is 30.1 Å². The molecule has 0 radical (unpaired) electrons. The van der Waals surface area contributed by atoms with Crippen LogP contribution in [0.15, 0.2) is 23.1 Å². The third kappa shape index (κ3) is 5.21. The molecule has 0 aliphatic carbocycles. The molecule has 0 aliphatic rings. The van der Waals surface area contributed by atoms with Crippen molar-refractivity contribution in [2.75, 3.05) is 25.1 Å². The molecule has 0 heterocycles. The number of benzene rings is 1. The molecule has 0 aromatic heterocycles. The molecule has 1 aromatic carbocycles. The van der Waals surface area contributed by atoms with Crippen LogP contribution in [0.5, 0.6) is 5.75 Å². The lowest BCUT2D eigenvalue weighted by Crippen LogP contribution is -2.39. The summed E-state index contributed by atoms with van der Waals surface area (Å²) in [6.45, 7) is 9.90. The van der Waals surface area contributed by atoms with Gasteiger partial charge in [-0.15, -0.1) is 0 Å². The first-order valence-corrected chi connectivity index (χ1v) is 9.00. The number of nitrogen functional groups attached to an aromatic ring is 1. The van der Waals surface area contributed by atoms with E-state index in [9.17, 15) is 8.42 Å². The van der Waals surface area contributed by atoms with Crippen molar-refractivity contribution in [3.05, 3.63) is 18.2 Å². The number of nitrogens with zero attached hydrogens (tertiary/aromatic N) is 1. The maximum Gasteiger partial charge on any atom is 0.175 e. The summed E-state index contributed by atoms with van der Waals surface area (Å²) in [5, 5.41) is 0. The lowest BCUT2D eigenvalue weighted by Gasteiger charge is -2.30. The Bertz CT molecular complexity index is 560. The molecule has 0 atom stereocenters. The van der Waals surface area contributed by atoms with Gasteiger partial charge in [0.05, 0.1) is 10.6 Å². The molecule has 6 heteroatoms. The molecule has 0 bridgehead atoms. The van der Waals surface area contributed by atoms with Gasteiger partial charge in [0.2, 0.25) is 0 Å². The van der Waals surface area contributed by atoms with Gasteiger partial charge in [0.1, 0.15) is 12.4 Å². The van der Waals surface area contributed by atoms with Gasteiger partial charge in [-0.2, -0.15) is 0 Å². The molecule has 0 aliphatic heterocycles. The topological polar surface area (TPSA) is 72.6 Å². The molecule has 1 rings (SSSR count). The van der Waals surface area contributed by atoms with E-state index in [1.54, 1.807) is 6.07 Å². The SMILES string of the molecule is CC(C)N(CCOc1ccc(S(C)(=O)=O)cc1N)C(C)C. The third-order valence-corrected chi connectivity index (χ3v) is 4.45. The lowest BCUT2D eigenvalue weighted by molar-refractivity contribution is 0.142. The van der Waals surface area contributed by atoms with Crippen molar-refractivity contribution in [1.29, 1.82) is 0 Å². The van der Waals surface area contributed by atoms with Gasteiger partial charge in [-0.25, -0.2) is 8.42 Å². The molecule has 0 saturated heterocycles. The largest absolute Gasteiger partial charge is 0.490 e. The molecule has 0 saturated carbocycles. The summed E-state index contributed by atoms with van der Waals surface area (Å²) in [6, 6.07) is 5.45. The fraction of sp³-hybridized carbons (Fsp3) is 0.600. The van der Waals surface area contributed by atoms with Crippen LogP contribution in [0.1, 0.15) is 27.7 Å². The first kappa shape index (κ1) is 17.8. The Hall–Kier alpha value is -1.27. The number of rotatable bonds is 7. The van der Waals surface area contributed by atoms with Crippen LogP contribution in [-0.2, 0) is 9.84 Å². The van der Waals surface area contributed by atoms with E-state index in [1.807, 2.05) is 0 Å². The van der Waals surface area contributed by atoms with Crippen LogP contribution >= 0.6 is 0 Å². The van der Waals surface area contributed by atoms with Crippen LogP contribution in [-0.4, -0.2) is 44.8 Å². The Kier molecular flexibility index (Phi) is 6.04. The highest BCUT2D eigenvalue weighted by Crippen LogP contribution is 2.24. The molecule has 0 amide bonds. The second kappa shape index (κ2) is 7.13. The van der Waals surface area contributed by atoms with Crippen molar-refractivity contribution < 1.29 is 13.2 Å². The molecule has 0 spiro atoms. The van der Waals surface area contributed by atoms with Crippen molar-refractivity contribution in [3.8, 4) is 5.75 Å². The highest BCUT2D eigenvalue weighted by atomic mass is 32.2. The van der Waals surface area contributed by atoms with E-state index < -0.39 is 9.84 Å². The molecular weight excluding hydrogens is 288 g/mol. The van der Waals surface area contributed by atoms with Crippen molar-refractivity contribution in [2.45, 2.75) is 44.7 Å². The first-order chi connectivity index (χ1) is 9.62. The number of sulfone groups is 1. The Morgan fingerprint density at radius 2 is 1.76 bits per heavy atom. The minimum absolute atomic E-state index is 0.207. The summed E-state index contributed by atoms with van der Waals surface area (Å²) in [7, 11) is -3.24. The standard InChI is InChI=1S/C15H26N2O3S/c1-11(2)17(12(3)4)8-9-20-15-7-6-13(10-14(15)16)21(5,18)19/h6-7,10-12H,8-9,16H2,1-5H3. The number of anilines is 1. The average molecular weight is 314 g/mol. The zero-order valence-electron chi connectivity index (χ0n) is 13.5. The van der Waals surface area contributed by atoms with E-state index in [0.717, 1.165) is 12.8 Å². The van der Waals surface area contributed by atoms with E-state index in [4.69, 9.17) is 10.5 Å². The smallest absolute Gasteiger partial charge is 0.175 e. The second-order valence-corrected chi connectivity index (χ2v) is 7.76. The van der Waals surface area contributed by atoms with E-state index in [1.165, 1.54) is 12.1 Å². The van der Waals surface area contributed by atoms with Crippen LogP contribution in [0.4, 0.5) is 5.69 Å². The normalized spacial score (nSPS) is 12.4. The van der Waals surface area contributed by atoms with Crippen molar-refractivity contribution >= 4 is 15.5 Å². The zero-order chi connectivity index (χ0) is 16.2. The number of nitrogens with two attached hydrogens (primary N) is 1. The monoisotopic (exact) mass is 314 g/mol. The van der Waals surface area contributed by atoms with Crippen LogP contribution in [0, 0.1) is 0 Å². The first-order valence-electron chi connectivity index (χ1n) is 7.11. The Morgan fingerprint density at radius 1 is 1.19 bits per heavy atom. The van der Waals surface area contributed by atoms with Crippen LogP contribution < -0.4 is 10.5 Å². The van der Waals surface area contributed by atoms with Gasteiger partial charge in [-0.3, -0.25) is 4.90 Å². The van der Waals surface area contributed by atoms with Crippen LogP contribution in [0.2, 0.25) is 0 Å². The Morgan fingerprint density at radius 3 is 2.19 bits per heavy atom. The molecule has 21 heavy (non-hydrogen) atoms. The fourth-order valence-electron chi connectivity index (χ4n) is 2.26. The minimum atomic E-state index is -3.24. The van der Waals surface area contributed by atoms with Gasteiger partial charge >= 0.3 is 0 Å². The molecule has 0 unspecified atom stereocenters. The highest BCUT2D eigenvalue weighted by molar-refractivity contribution is 7.90. The average Bonchev–Trinajstić information content (AvgIpc) is 2.33. The summed E-state index contributed by atoms with van der Waals surface area (Å²) in [6.07, 6.45) is 1.16. The van der Waals surface area contributed by atoms with Crippen molar-refractivity contribution in [1.82, 2.24) is 4.90 Å². The molecule has 0 fully saturated rings. The maximum atomic E-state index is 11.4. The summed E-state index contributed by atoms with van der Waals surface area (Å²) < 4.78 is 28.6. The third-order valence-electron chi connectivity index (χ3n) is 3.34. The molecule has 120 valence electrons. The Labute approximate surface area is 128 Å². The summed E-state index contributed by atoms with van der Waals surface area (Å²) >= 11 is 0. The number of hydrogen-bond acceptors (Lipinski definition) is 5. The second-order valence-electron chi connectivity index (χ2n) is 5.75. The van der Waals surface area contributed by atoms with Gasteiger partial charge < -0.3 is 10.5 Å². The van der Waals surface area contributed by atoms with Crippen LogP contribution in [0.25, 0.3) is 0 Å². The van der Waals surface area contributed by atoms with Crippen molar-refractivity contribution in [2.24, 2.45) is 0 Å². The van der Waals surface area contributed by atoms with Gasteiger partial charge in [0.15, 0.2) is 9.84 Å². The molecular formula is C15H26N2O3S. The molecule has 1 aromatic rings. The zero-order valence-corrected chi connectivity index (χ0v) is 14.3. The minimum Gasteiger partial charge on any atom is -0.490 e. The van der Waals surface area contributed by atoms with Gasteiger partial charge in [-0.1, -0.05) is 0 Å². The van der Waals surface area contributed by atoms with Crippen molar-refractivity contribution in [3.63, 3.8) is 0 Å². The molecule has 5 nitrogen and oxygen atoms in total. The quantitative estimate of drug-likeness (QED) is 0.781. The highest BCUT2D eigenvalue weighted by Gasteiger charge is 2.14. The summed E-state index contributed by atoms with van der Waals surface area (Å²) in [4.78, 5) is 2.53. The van der Waals surface area contributed by atoms with Gasteiger partial charge in [0, 0.05) is 24.9 Å². The number of hydrogen-bond donors (Lipinski definition) is 1. The van der Waals surface area contributed by atoms with E-state index >= 15 is 0 Å². The van der Waals surface area contributed by atoms with Gasteiger partial charge in [-0.05, 0) is 45.9 Å². The summed E-state index contributed by atoms with van der Waals surface area (Å²) in [5.74, 6) is 0.523. The molecule has 2 N–H and O–H groups in total. The summed E-state index contributed by atoms with van der Waals surface area (Å²) in [5.41, 5.74) is 6.20.